The SMILES string of the molecule is COc1cccc(CC(=O)Nc2n[nH]c3sc(C(=O)NCc4ccc(C)cc4)cc23)c1. The molecule has 2 aromatic carbocycles. The van der Waals surface area contributed by atoms with E-state index in [2.05, 4.69) is 20.8 Å². The van der Waals surface area contributed by atoms with E-state index in [1.807, 2.05) is 55.5 Å². The number of anilines is 1. The summed E-state index contributed by atoms with van der Waals surface area (Å²) in [5.41, 5.74) is 3.05. The Morgan fingerprint density at radius 3 is 2.68 bits per heavy atom. The van der Waals surface area contributed by atoms with E-state index in [0.717, 1.165) is 16.0 Å². The fourth-order valence-electron chi connectivity index (χ4n) is 3.14. The predicted molar refractivity (Wildman–Crippen MR) is 122 cm³/mol. The number of amides is 2. The molecule has 31 heavy (non-hydrogen) atoms. The highest BCUT2D eigenvalue weighted by Crippen LogP contribution is 2.29. The van der Waals surface area contributed by atoms with Crippen molar-refractivity contribution in [3.05, 3.63) is 76.2 Å². The molecule has 0 unspecified atom stereocenters. The first-order chi connectivity index (χ1) is 15.0. The van der Waals surface area contributed by atoms with Crippen LogP contribution in [0.5, 0.6) is 5.75 Å². The summed E-state index contributed by atoms with van der Waals surface area (Å²) in [6.07, 6.45) is 0.194. The van der Waals surface area contributed by atoms with Crippen molar-refractivity contribution in [1.82, 2.24) is 15.5 Å². The van der Waals surface area contributed by atoms with Crippen molar-refractivity contribution < 1.29 is 14.3 Å². The van der Waals surface area contributed by atoms with Gasteiger partial charge in [-0.25, -0.2) is 0 Å². The molecule has 0 fully saturated rings. The Bertz CT molecular complexity index is 1230. The van der Waals surface area contributed by atoms with Crippen LogP contribution < -0.4 is 15.4 Å². The quantitative estimate of drug-likeness (QED) is 0.409. The van der Waals surface area contributed by atoms with Gasteiger partial charge in [0.25, 0.3) is 5.91 Å². The molecule has 0 spiro atoms. The lowest BCUT2D eigenvalue weighted by Crippen LogP contribution is -2.21. The molecule has 0 bridgehead atoms. The zero-order valence-electron chi connectivity index (χ0n) is 17.2. The Morgan fingerprint density at radius 1 is 1.10 bits per heavy atom. The van der Waals surface area contributed by atoms with E-state index in [4.69, 9.17) is 4.74 Å². The zero-order valence-corrected chi connectivity index (χ0v) is 18.0. The van der Waals surface area contributed by atoms with Crippen LogP contribution >= 0.6 is 11.3 Å². The second-order valence-corrected chi connectivity index (χ2v) is 8.22. The summed E-state index contributed by atoms with van der Waals surface area (Å²) in [7, 11) is 1.59. The van der Waals surface area contributed by atoms with E-state index in [0.29, 0.717) is 28.4 Å². The molecule has 158 valence electrons. The topological polar surface area (TPSA) is 96.1 Å². The molecule has 4 aromatic rings. The molecule has 0 radical (unpaired) electrons. The number of methoxy groups -OCH3 is 1. The molecule has 0 saturated carbocycles. The number of rotatable bonds is 7. The fraction of sp³-hybridized carbons (Fsp3) is 0.174. The number of nitrogens with one attached hydrogen (secondary N) is 3. The highest BCUT2D eigenvalue weighted by atomic mass is 32.1. The van der Waals surface area contributed by atoms with Crippen LogP contribution in [-0.2, 0) is 17.8 Å². The molecule has 0 atom stereocenters. The lowest BCUT2D eigenvalue weighted by molar-refractivity contribution is -0.115. The van der Waals surface area contributed by atoms with Crippen molar-refractivity contribution in [1.29, 1.82) is 0 Å². The molecule has 8 heteroatoms. The van der Waals surface area contributed by atoms with Gasteiger partial charge in [-0.15, -0.1) is 11.3 Å². The Kier molecular flexibility index (Phi) is 5.99. The van der Waals surface area contributed by atoms with Crippen LogP contribution in [0, 0.1) is 6.92 Å². The normalized spacial score (nSPS) is 10.8. The molecule has 0 saturated heterocycles. The van der Waals surface area contributed by atoms with Gasteiger partial charge >= 0.3 is 0 Å². The lowest BCUT2D eigenvalue weighted by Gasteiger charge is -2.05. The van der Waals surface area contributed by atoms with Crippen molar-refractivity contribution in [2.45, 2.75) is 19.9 Å². The maximum atomic E-state index is 12.6. The third-order valence-electron chi connectivity index (χ3n) is 4.81. The van der Waals surface area contributed by atoms with Gasteiger partial charge < -0.3 is 15.4 Å². The van der Waals surface area contributed by atoms with E-state index in [1.54, 1.807) is 13.2 Å². The van der Waals surface area contributed by atoms with Crippen molar-refractivity contribution in [3.63, 3.8) is 0 Å². The number of aryl methyl sites for hydroxylation is 1. The molecule has 0 aliphatic heterocycles. The Labute approximate surface area is 183 Å². The fourth-order valence-corrected chi connectivity index (χ4v) is 4.06. The first-order valence-electron chi connectivity index (χ1n) is 9.76. The average molecular weight is 435 g/mol. The van der Waals surface area contributed by atoms with E-state index in [9.17, 15) is 9.59 Å². The van der Waals surface area contributed by atoms with Crippen molar-refractivity contribution in [2.24, 2.45) is 0 Å². The maximum absolute atomic E-state index is 12.6. The van der Waals surface area contributed by atoms with Crippen molar-refractivity contribution in [2.75, 3.05) is 12.4 Å². The second-order valence-electron chi connectivity index (χ2n) is 7.17. The summed E-state index contributed by atoms with van der Waals surface area (Å²) < 4.78 is 5.19. The summed E-state index contributed by atoms with van der Waals surface area (Å²) in [6, 6.07) is 17.1. The summed E-state index contributed by atoms with van der Waals surface area (Å²) in [5.74, 6) is 0.755. The number of benzene rings is 2. The summed E-state index contributed by atoms with van der Waals surface area (Å²) in [6.45, 7) is 2.48. The molecule has 4 rings (SSSR count). The minimum Gasteiger partial charge on any atom is -0.497 e. The smallest absolute Gasteiger partial charge is 0.261 e. The number of aromatic nitrogens is 2. The van der Waals surface area contributed by atoms with Crippen LogP contribution in [0.1, 0.15) is 26.4 Å². The standard InChI is InChI=1S/C23H22N4O3S/c1-14-6-8-15(9-7-14)13-24-22(29)19-12-18-21(26-27-23(18)31-19)25-20(28)11-16-4-3-5-17(10-16)30-2/h3-10,12H,11,13H2,1-2H3,(H,24,29)(H2,25,26,27,28). The third-order valence-corrected chi connectivity index (χ3v) is 5.85. The minimum absolute atomic E-state index is 0.163. The van der Waals surface area contributed by atoms with Crippen LogP contribution in [0.4, 0.5) is 5.82 Å². The van der Waals surface area contributed by atoms with Gasteiger partial charge in [0.2, 0.25) is 5.91 Å². The number of hydrogen-bond donors (Lipinski definition) is 3. The van der Waals surface area contributed by atoms with Gasteiger partial charge in [0, 0.05) is 6.54 Å². The molecule has 7 nitrogen and oxygen atoms in total. The van der Waals surface area contributed by atoms with E-state index >= 15 is 0 Å². The number of nitrogens with zero attached hydrogens (tertiary/aromatic N) is 1. The van der Waals surface area contributed by atoms with Gasteiger partial charge in [0.1, 0.15) is 10.6 Å². The van der Waals surface area contributed by atoms with Gasteiger partial charge in [-0.3, -0.25) is 14.7 Å². The van der Waals surface area contributed by atoms with Gasteiger partial charge in [0.15, 0.2) is 5.82 Å². The van der Waals surface area contributed by atoms with E-state index in [-0.39, 0.29) is 18.2 Å². The first-order valence-corrected chi connectivity index (χ1v) is 10.6. The molecule has 0 aliphatic carbocycles. The number of carbonyl (C=O) groups is 2. The monoisotopic (exact) mass is 434 g/mol. The number of ether oxygens (including phenoxy) is 1. The average Bonchev–Trinajstić information content (AvgIpc) is 3.35. The number of H-pyrrole nitrogens is 1. The maximum Gasteiger partial charge on any atom is 0.261 e. The minimum atomic E-state index is -0.196. The van der Waals surface area contributed by atoms with Crippen LogP contribution in [-0.4, -0.2) is 29.1 Å². The molecular formula is C23H22N4O3S. The molecular weight excluding hydrogens is 412 g/mol. The third kappa shape index (κ3) is 4.92. The summed E-state index contributed by atoms with van der Waals surface area (Å²) >= 11 is 1.30. The molecule has 3 N–H and O–H groups in total. The van der Waals surface area contributed by atoms with Crippen LogP contribution in [0.3, 0.4) is 0 Å². The second kappa shape index (κ2) is 9.01. The van der Waals surface area contributed by atoms with E-state index < -0.39 is 0 Å². The number of hydrogen-bond acceptors (Lipinski definition) is 5. The zero-order chi connectivity index (χ0) is 21.8. The van der Waals surface area contributed by atoms with Gasteiger partial charge in [0.05, 0.1) is 23.8 Å². The van der Waals surface area contributed by atoms with Gasteiger partial charge in [-0.05, 0) is 36.2 Å². The lowest BCUT2D eigenvalue weighted by atomic mass is 10.1. The van der Waals surface area contributed by atoms with Crippen molar-refractivity contribution >= 4 is 39.2 Å². The van der Waals surface area contributed by atoms with Crippen molar-refractivity contribution in [3.8, 4) is 5.75 Å². The Balaban J connectivity index is 1.41. The Morgan fingerprint density at radius 2 is 1.90 bits per heavy atom. The molecule has 2 amide bonds. The van der Waals surface area contributed by atoms with Gasteiger partial charge in [-0.2, -0.15) is 5.10 Å². The highest BCUT2D eigenvalue weighted by molar-refractivity contribution is 7.20. The number of thiophene rings is 1. The molecule has 2 heterocycles. The summed E-state index contributed by atoms with van der Waals surface area (Å²) in [4.78, 5) is 26.3. The first kappa shape index (κ1) is 20.6. The highest BCUT2D eigenvalue weighted by Gasteiger charge is 2.16. The summed E-state index contributed by atoms with van der Waals surface area (Å²) in [5, 5.41) is 13.5. The largest absolute Gasteiger partial charge is 0.497 e. The Hall–Kier alpha value is -3.65. The predicted octanol–water partition coefficient (Wildman–Crippen LogP) is 4.05. The molecule has 0 aliphatic rings. The van der Waals surface area contributed by atoms with Gasteiger partial charge in [-0.1, -0.05) is 42.0 Å². The van der Waals surface area contributed by atoms with Crippen LogP contribution in [0.25, 0.3) is 10.2 Å². The number of fused-ring (bicyclic) bond motifs is 1. The number of carbonyl (C=O) groups excluding carboxylic acids is 2. The van der Waals surface area contributed by atoms with Crippen LogP contribution in [0.2, 0.25) is 0 Å². The van der Waals surface area contributed by atoms with E-state index in [1.165, 1.54) is 16.9 Å². The molecule has 2 aromatic heterocycles. The number of aromatic amines is 1. The van der Waals surface area contributed by atoms with Crippen LogP contribution in [0.15, 0.2) is 54.6 Å².